The predicted octanol–water partition coefficient (Wildman–Crippen LogP) is 1.76. The molecule has 0 bridgehead atoms. The summed E-state index contributed by atoms with van der Waals surface area (Å²) in [4.78, 5) is 2.62. The molecule has 0 saturated carbocycles. The highest BCUT2D eigenvalue weighted by Crippen LogP contribution is 2.25. The average Bonchev–Trinajstić information content (AvgIpc) is 2.53. The van der Waals surface area contributed by atoms with E-state index in [9.17, 15) is 0 Å². The zero-order valence-corrected chi connectivity index (χ0v) is 10.1. The Morgan fingerprint density at radius 1 is 1.67 bits per heavy atom. The molecule has 1 heterocycles. The first kappa shape index (κ1) is 12.0. The molecule has 5 heteroatoms. The van der Waals surface area contributed by atoms with Crippen molar-refractivity contribution >= 4 is 17.2 Å². The van der Waals surface area contributed by atoms with Crippen LogP contribution in [-0.2, 0) is 0 Å². The van der Waals surface area contributed by atoms with Gasteiger partial charge in [-0.25, -0.2) is 0 Å². The third-order valence-electron chi connectivity index (χ3n) is 2.26. The van der Waals surface area contributed by atoms with Crippen LogP contribution >= 0.6 is 11.3 Å². The fourth-order valence-electron chi connectivity index (χ4n) is 1.48. The molecule has 0 saturated heterocycles. The lowest BCUT2D eigenvalue weighted by Gasteiger charge is -2.12. The van der Waals surface area contributed by atoms with E-state index in [1.807, 2.05) is 0 Å². The van der Waals surface area contributed by atoms with Crippen LogP contribution in [0.4, 0.5) is 0 Å². The second kappa shape index (κ2) is 5.14. The molecule has 0 fully saturated rings. The van der Waals surface area contributed by atoms with Crippen LogP contribution in [-0.4, -0.2) is 17.6 Å². The van der Waals surface area contributed by atoms with Gasteiger partial charge in [0.2, 0.25) is 0 Å². The van der Waals surface area contributed by atoms with E-state index < -0.39 is 0 Å². The van der Waals surface area contributed by atoms with Gasteiger partial charge >= 0.3 is 0 Å². The highest BCUT2D eigenvalue weighted by Gasteiger charge is 2.10. The summed E-state index contributed by atoms with van der Waals surface area (Å²) in [6.45, 7) is 6.66. The molecule has 0 amide bonds. The van der Waals surface area contributed by atoms with Crippen molar-refractivity contribution in [2.24, 2.45) is 10.9 Å². The maximum atomic E-state index is 8.40. The molecule has 1 rings (SSSR count). The average molecular weight is 227 g/mol. The molecule has 0 aliphatic heterocycles. The number of rotatable bonds is 4. The molecule has 1 aromatic heterocycles. The maximum Gasteiger partial charge on any atom is 0.153 e. The van der Waals surface area contributed by atoms with E-state index in [1.165, 1.54) is 15.3 Å². The monoisotopic (exact) mass is 227 g/mol. The summed E-state index contributed by atoms with van der Waals surface area (Å²) in [5, 5.41) is 14.5. The van der Waals surface area contributed by atoms with Gasteiger partial charge in [-0.3, -0.25) is 0 Å². The van der Waals surface area contributed by atoms with Crippen LogP contribution in [0.5, 0.6) is 0 Å². The molecule has 84 valence electrons. The first-order chi connectivity index (χ1) is 7.04. The quantitative estimate of drug-likeness (QED) is 0.318. The molecule has 0 spiro atoms. The number of nitrogens with zero attached hydrogens (tertiary/aromatic N) is 1. The van der Waals surface area contributed by atoms with Gasteiger partial charge in [0.15, 0.2) is 5.84 Å². The molecule has 4 nitrogen and oxygen atoms in total. The lowest BCUT2D eigenvalue weighted by Crippen LogP contribution is -2.30. The number of nitrogens with one attached hydrogen (secondary N) is 1. The highest BCUT2D eigenvalue weighted by molar-refractivity contribution is 7.12. The predicted molar refractivity (Wildman–Crippen MR) is 63.6 cm³/mol. The molecule has 1 atom stereocenters. The molecule has 15 heavy (non-hydrogen) atoms. The van der Waals surface area contributed by atoms with Crippen molar-refractivity contribution in [3.63, 3.8) is 0 Å². The van der Waals surface area contributed by atoms with E-state index in [1.54, 1.807) is 11.3 Å². The summed E-state index contributed by atoms with van der Waals surface area (Å²) in [5.41, 5.74) is 6.66. The van der Waals surface area contributed by atoms with Gasteiger partial charge in [0.05, 0.1) is 6.54 Å². The van der Waals surface area contributed by atoms with Crippen LogP contribution in [0.25, 0.3) is 0 Å². The van der Waals surface area contributed by atoms with E-state index in [0.29, 0.717) is 6.54 Å². The minimum absolute atomic E-state index is 0.200. The number of thiophene rings is 1. The Balaban J connectivity index is 2.61. The second-order valence-corrected chi connectivity index (χ2v) is 5.02. The Kier molecular flexibility index (Phi) is 4.11. The fraction of sp³-hybridized carbons (Fsp3) is 0.500. The molecule has 0 aliphatic carbocycles. The van der Waals surface area contributed by atoms with E-state index in [2.05, 4.69) is 37.3 Å². The zero-order valence-electron chi connectivity index (χ0n) is 9.24. The van der Waals surface area contributed by atoms with Crippen LogP contribution in [0.1, 0.15) is 28.3 Å². The summed E-state index contributed by atoms with van der Waals surface area (Å²) < 4.78 is 0. The van der Waals surface area contributed by atoms with Gasteiger partial charge in [0.25, 0.3) is 0 Å². The number of aryl methyl sites for hydroxylation is 2. The summed E-state index contributed by atoms with van der Waals surface area (Å²) in [6, 6.07) is 2.39. The fourth-order valence-corrected chi connectivity index (χ4v) is 2.51. The van der Waals surface area contributed by atoms with E-state index in [4.69, 9.17) is 10.9 Å². The third kappa shape index (κ3) is 3.21. The van der Waals surface area contributed by atoms with Crippen molar-refractivity contribution in [3.05, 3.63) is 21.4 Å². The number of hydrogen-bond donors (Lipinski definition) is 3. The molecule has 1 unspecified atom stereocenters. The van der Waals surface area contributed by atoms with Crippen LogP contribution < -0.4 is 11.1 Å². The Hall–Kier alpha value is -1.07. The number of hydrogen-bond acceptors (Lipinski definition) is 4. The van der Waals surface area contributed by atoms with Gasteiger partial charge < -0.3 is 16.3 Å². The minimum Gasteiger partial charge on any atom is -0.409 e. The standard InChI is InChI=1S/C10H17N3OS/c1-6-4-9(8(3)15-6)7(2)12-5-10(11)13-14/h4,7,12,14H,5H2,1-3H3,(H2,11,13). The van der Waals surface area contributed by atoms with Crippen molar-refractivity contribution in [1.82, 2.24) is 5.32 Å². The van der Waals surface area contributed by atoms with Crippen molar-refractivity contribution in [2.75, 3.05) is 6.54 Å². The minimum atomic E-state index is 0.200. The third-order valence-corrected chi connectivity index (χ3v) is 3.25. The molecule has 4 N–H and O–H groups in total. The SMILES string of the molecule is Cc1cc(C(C)NCC(N)=NO)c(C)s1. The Labute approximate surface area is 93.8 Å². The van der Waals surface area contributed by atoms with Crippen LogP contribution in [0.3, 0.4) is 0 Å². The largest absolute Gasteiger partial charge is 0.409 e. The Bertz CT molecular complexity index is 360. The normalized spacial score (nSPS) is 14.2. The highest BCUT2D eigenvalue weighted by atomic mass is 32.1. The topological polar surface area (TPSA) is 70.6 Å². The van der Waals surface area contributed by atoms with Crippen LogP contribution in [0, 0.1) is 13.8 Å². The number of nitrogens with two attached hydrogens (primary N) is 1. The summed E-state index contributed by atoms with van der Waals surface area (Å²) in [7, 11) is 0. The van der Waals surface area contributed by atoms with Crippen LogP contribution in [0.15, 0.2) is 11.2 Å². The molecular weight excluding hydrogens is 210 g/mol. The summed E-state index contributed by atoms with van der Waals surface area (Å²) in [6.07, 6.45) is 0. The molecule has 0 aromatic carbocycles. The van der Waals surface area contributed by atoms with E-state index >= 15 is 0 Å². The zero-order chi connectivity index (χ0) is 11.4. The lowest BCUT2D eigenvalue weighted by molar-refractivity contribution is 0.316. The van der Waals surface area contributed by atoms with Crippen LogP contribution in [0.2, 0.25) is 0 Å². The van der Waals surface area contributed by atoms with Gasteiger partial charge in [-0.15, -0.1) is 11.3 Å². The summed E-state index contributed by atoms with van der Waals surface area (Å²) >= 11 is 1.79. The molecule has 0 radical (unpaired) electrons. The van der Waals surface area contributed by atoms with Crippen molar-refractivity contribution in [2.45, 2.75) is 26.8 Å². The molecule has 1 aromatic rings. The number of amidine groups is 1. The van der Waals surface area contributed by atoms with Gasteiger partial charge in [-0.05, 0) is 32.4 Å². The Morgan fingerprint density at radius 3 is 2.80 bits per heavy atom. The maximum absolute atomic E-state index is 8.40. The van der Waals surface area contributed by atoms with Gasteiger partial charge in [-0.1, -0.05) is 5.16 Å². The van der Waals surface area contributed by atoms with Gasteiger partial charge in [0, 0.05) is 15.8 Å². The first-order valence-electron chi connectivity index (χ1n) is 4.81. The van der Waals surface area contributed by atoms with Crippen molar-refractivity contribution in [3.8, 4) is 0 Å². The smallest absolute Gasteiger partial charge is 0.153 e. The first-order valence-corrected chi connectivity index (χ1v) is 5.63. The Morgan fingerprint density at radius 2 is 2.33 bits per heavy atom. The number of oxime groups is 1. The van der Waals surface area contributed by atoms with Gasteiger partial charge in [0.1, 0.15) is 0 Å². The lowest BCUT2D eigenvalue weighted by atomic mass is 10.1. The summed E-state index contributed by atoms with van der Waals surface area (Å²) in [5.74, 6) is 0.200. The second-order valence-electron chi connectivity index (χ2n) is 3.56. The van der Waals surface area contributed by atoms with Crippen molar-refractivity contribution in [1.29, 1.82) is 0 Å². The van der Waals surface area contributed by atoms with E-state index in [-0.39, 0.29) is 11.9 Å². The van der Waals surface area contributed by atoms with E-state index in [0.717, 1.165) is 0 Å². The molecule has 0 aliphatic rings. The van der Waals surface area contributed by atoms with Crippen molar-refractivity contribution < 1.29 is 5.21 Å². The molecular formula is C10H17N3OS. The van der Waals surface area contributed by atoms with Gasteiger partial charge in [-0.2, -0.15) is 0 Å².